The number of para-hydroxylation sites is 1. The number of carbonyl (C=O) groups is 1. The Bertz CT molecular complexity index is 504. The first-order chi connectivity index (χ1) is 7.72. The summed E-state index contributed by atoms with van der Waals surface area (Å²) in [5, 5.41) is 0.943. The van der Waals surface area contributed by atoms with E-state index in [9.17, 15) is 4.79 Å². The number of rotatable bonds is 3. The lowest BCUT2D eigenvalue weighted by Gasteiger charge is -2.07. The predicted octanol–water partition coefficient (Wildman–Crippen LogP) is 2.00. The van der Waals surface area contributed by atoms with E-state index in [4.69, 9.17) is 10.2 Å². The quantitative estimate of drug-likeness (QED) is 0.802. The van der Waals surface area contributed by atoms with Crippen molar-refractivity contribution in [3.63, 3.8) is 0 Å². The summed E-state index contributed by atoms with van der Waals surface area (Å²) in [6.07, 6.45) is 1.75. The smallest absolute Gasteiger partial charge is 0.307 e. The highest BCUT2D eigenvalue weighted by Gasteiger charge is 2.16. The number of hydrogen-bond donors (Lipinski definition) is 1. The minimum atomic E-state index is -0.393. The van der Waals surface area contributed by atoms with Gasteiger partial charge in [0, 0.05) is 17.0 Å². The minimum Gasteiger partial charge on any atom is -0.469 e. The molecule has 0 saturated heterocycles. The van der Waals surface area contributed by atoms with Crippen LogP contribution in [-0.4, -0.2) is 13.1 Å². The number of fused-ring (bicyclic) bond motifs is 1. The fraction of sp³-hybridized carbons (Fsp3) is 0.250. The molecule has 84 valence electrons. The van der Waals surface area contributed by atoms with E-state index in [-0.39, 0.29) is 12.4 Å². The molecule has 4 nitrogen and oxygen atoms in total. The predicted molar refractivity (Wildman–Crippen MR) is 59.8 cm³/mol. The molecule has 4 heteroatoms. The second kappa shape index (κ2) is 4.37. The number of nitrogens with two attached hydrogens (primary N) is 1. The highest BCUT2D eigenvalue weighted by Crippen LogP contribution is 2.26. The van der Waals surface area contributed by atoms with Crippen LogP contribution in [0.1, 0.15) is 18.0 Å². The molecule has 16 heavy (non-hydrogen) atoms. The van der Waals surface area contributed by atoms with Gasteiger partial charge in [-0.3, -0.25) is 4.79 Å². The number of furan rings is 1. The highest BCUT2D eigenvalue weighted by molar-refractivity contribution is 5.82. The summed E-state index contributed by atoms with van der Waals surface area (Å²) in [5.74, 6) is -0.321. The van der Waals surface area contributed by atoms with Crippen LogP contribution >= 0.6 is 0 Å². The Morgan fingerprint density at radius 1 is 1.50 bits per heavy atom. The first-order valence-electron chi connectivity index (χ1n) is 5.01. The van der Waals surface area contributed by atoms with Gasteiger partial charge < -0.3 is 14.9 Å². The Morgan fingerprint density at radius 3 is 3.00 bits per heavy atom. The molecule has 0 aliphatic rings. The molecule has 2 aromatic rings. The van der Waals surface area contributed by atoms with Gasteiger partial charge in [0.25, 0.3) is 0 Å². The van der Waals surface area contributed by atoms with E-state index in [2.05, 4.69) is 4.74 Å². The number of esters is 1. The Hall–Kier alpha value is -1.81. The molecule has 2 rings (SSSR count). The summed E-state index contributed by atoms with van der Waals surface area (Å²) >= 11 is 0. The fourth-order valence-corrected chi connectivity index (χ4v) is 1.66. The maximum atomic E-state index is 11.1. The molecule has 1 aromatic heterocycles. The minimum absolute atomic E-state index is 0.153. The topological polar surface area (TPSA) is 65.5 Å². The molecule has 1 heterocycles. The van der Waals surface area contributed by atoms with E-state index in [1.165, 1.54) is 7.11 Å². The van der Waals surface area contributed by atoms with E-state index < -0.39 is 6.04 Å². The Balaban J connectivity index is 2.29. The molecule has 1 atom stereocenters. The summed E-state index contributed by atoms with van der Waals surface area (Å²) in [6.45, 7) is 0. The number of benzene rings is 1. The van der Waals surface area contributed by atoms with Crippen molar-refractivity contribution in [1.29, 1.82) is 0 Å². The Morgan fingerprint density at radius 2 is 2.25 bits per heavy atom. The molecule has 0 spiro atoms. The van der Waals surface area contributed by atoms with Crippen molar-refractivity contribution >= 4 is 16.9 Å². The van der Waals surface area contributed by atoms with E-state index in [0.717, 1.165) is 16.5 Å². The van der Waals surface area contributed by atoms with Gasteiger partial charge in [-0.15, -0.1) is 0 Å². The van der Waals surface area contributed by atoms with E-state index in [1.807, 2.05) is 24.3 Å². The van der Waals surface area contributed by atoms with Gasteiger partial charge in [-0.1, -0.05) is 18.2 Å². The van der Waals surface area contributed by atoms with Crippen LogP contribution in [-0.2, 0) is 9.53 Å². The lowest BCUT2D eigenvalue weighted by atomic mass is 10.0. The van der Waals surface area contributed by atoms with Gasteiger partial charge in [0.1, 0.15) is 5.58 Å². The van der Waals surface area contributed by atoms with Crippen LogP contribution in [0.2, 0.25) is 0 Å². The van der Waals surface area contributed by atoms with Gasteiger partial charge in [-0.2, -0.15) is 0 Å². The number of ether oxygens (including phenoxy) is 1. The molecule has 0 saturated carbocycles. The van der Waals surface area contributed by atoms with Crippen LogP contribution in [0.15, 0.2) is 34.9 Å². The SMILES string of the molecule is COC(=O)C[C@@H](N)c1coc2ccccc12. The first-order valence-corrected chi connectivity index (χ1v) is 5.01. The Kier molecular flexibility index (Phi) is 2.92. The average Bonchev–Trinajstić information content (AvgIpc) is 2.72. The van der Waals surface area contributed by atoms with Crippen LogP contribution in [0.4, 0.5) is 0 Å². The van der Waals surface area contributed by atoms with Crippen molar-refractivity contribution in [2.24, 2.45) is 5.73 Å². The summed E-state index contributed by atoms with van der Waals surface area (Å²) in [7, 11) is 1.35. The van der Waals surface area contributed by atoms with E-state index in [0.29, 0.717) is 0 Å². The molecule has 0 aliphatic heterocycles. The maximum absolute atomic E-state index is 11.1. The normalized spacial score (nSPS) is 12.6. The lowest BCUT2D eigenvalue weighted by Crippen LogP contribution is -2.15. The van der Waals surface area contributed by atoms with Crippen LogP contribution in [0.25, 0.3) is 11.0 Å². The van der Waals surface area contributed by atoms with Crippen molar-refractivity contribution in [3.8, 4) is 0 Å². The van der Waals surface area contributed by atoms with Gasteiger partial charge in [0.05, 0.1) is 19.8 Å². The van der Waals surface area contributed by atoms with Gasteiger partial charge >= 0.3 is 5.97 Å². The summed E-state index contributed by atoms with van der Waals surface area (Å²) in [4.78, 5) is 11.1. The van der Waals surface area contributed by atoms with Crippen molar-refractivity contribution in [3.05, 3.63) is 36.1 Å². The van der Waals surface area contributed by atoms with E-state index in [1.54, 1.807) is 6.26 Å². The Labute approximate surface area is 93.0 Å². The molecular formula is C12H13NO3. The molecule has 0 radical (unpaired) electrons. The van der Waals surface area contributed by atoms with Crippen LogP contribution in [0, 0.1) is 0 Å². The second-order valence-electron chi connectivity index (χ2n) is 3.57. The molecule has 0 fully saturated rings. The van der Waals surface area contributed by atoms with Crippen LogP contribution in [0.5, 0.6) is 0 Å². The van der Waals surface area contributed by atoms with Crippen molar-refractivity contribution < 1.29 is 13.9 Å². The molecule has 2 N–H and O–H groups in total. The van der Waals surface area contributed by atoms with Crippen LogP contribution in [0.3, 0.4) is 0 Å². The maximum Gasteiger partial charge on any atom is 0.307 e. The summed E-state index contributed by atoms with van der Waals surface area (Å²) < 4.78 is 9.93. The third-order valence-corrected chi connectivity index (χ3v) is 2.52. The highest BCUT2D eigenvalue weighted by atomic mass is 16.5. The largest absolute Gasteiger partial charge is 0.469 e. The molecular weight excluding hydrogens is 206 g/mol. The van der Waals surface area contributed by atoms with Gasteiger partial charge in [-0.25, -0.2) is 0 Å². The molecule has 0 aliphatic carbocycles. The standard InChI is InChI=1S/C12H13NO3/c1-15-12(14)6-10(13)9-7-16-11-5-3-2-4-8(9)11/h2-5,7,10H,6,13H2,1H3/t10-/m1/s1. The van der Waals surface area contributed by atoms with Crippen molar-refractivity contribution in [2.75, 3.05) is 7.11 Å². The molecule has 1 aromatic carbocycles. The lowest BCUT2D eigenvalue weighted by molar-refractivity contribution is -0.141. The third kappa shape index (κ3) is 1.92. The number of methoxy groups -OCH3 is 1. The number of carbonyl (C=O) groups excluding carboxylic acids is 1. The van der Waals surface area contributed by atoms with Gasteiger partial charge in [-0.05, 0) is 6.07 Å². The fourth-order valence-electron chi connectivity index (χ4n) is 1.66. The second-order valence-corrected chi connectivity index (χ2v) is 3.57. The zero-order valence-corrected chi connectivity index (χ0v) is 8.97. The van der Waals surface area contributed by atoms with Gasteiger partial charge in [0.15, 0.2) is 0 Å². The summed E-state index contributed by atoms with van der Waals surface area (Å²) in [5.41, 5.74) is 7.53. The third-order valence-electron chi connectivity index (χ3n) is 2.52. The molecule has 0 unspecified atom stereocenters. The monoisotopic (exact) mass is 219 g/mol. The average molecular weight is 219 g/mol. The van der Waals surface area contributed by atoms with Crippen LogP contribution < -0.4 is 5.73 Å². The summed E-state index contributed by atoms with van der Waals surface area (Å²) in [6, 6.07) is 7.19. The van der Waals surface area contributed by atoms with Crippen molar-refractivity contribution in [1.82, 2.24) is 0 Å². The van der Waals surface area contributed by atoms with Gasteiger partial charge in [0.2, 0.25) is 0 Å². The first kappa shape index (κ1) is 10.7. The molecule has 0 bridgehead atoms. The van der Waals surface area contributed by atoms with E-state index >= 15 is 0 Å². The zero-order chi connectivity index (χ0) is 11.5. The molecule has 0 amide bonds. The van der Waals surface area contributed by atoms with Crippen molar-refractivity contribution in [2.45, 2.75) is 12.5 Å². The zero-order valence-electron chi connectivity index (χ0n) is 8.97. The number of hydrogen-bond acceptors (Lipinski definition) is 4.